The third kappa shape index (κ3) is 4.23. The first-order valence-electron chi connectivity index (χ1n) is 10.4. The van der Waals surface area contributed by atoms with Gasteiger partial charge in [0.2, 0.25) is 5.91 Å². The van der Waals surface area contributed by atoms with Crippen LogP contribution < -0.4 is 5.32 Å². The fourth-order valence-electron chi connectivity index (χ4n) is 4.18. The molecule has 1 unspecified atom stereocenters. The molecule has 0 aliphatic carbocycles. The van der Waals surface area contributed by atoms with Crippen molar-refractivity contribution in [2.45, 2.75) is 58.5 Å². The molecule has 1 N–H and O–H groups in total. The van der Waals surface area contributed by atoms with Crippen LogP contribution >= 0.6 is 11.3 Å². The number of nitrogens with zero attached hydrogens (tertiary/aromatic N) is 3. The van der Waals surface area contributed by atoms with Gasteiger partial charge in [0.25, 0.3) is 5.91 Å². The van der Waals surface area contributed by atoms with E-state index in [2.05, 4.69) is 21.7 Å². The van der Waals surface area contributed by atoms with Crippen molar-refractivity contribution in [3.63, 3.8) is 0 Å². The highest BCUT2D eigenvalue weighted by molar-refractivity contribution is 7.21. The minimum absolute atomic E-state index is 0.112. The number of benzene rings is 1. The molecule has 1 fully saturated rings. The molecule has 0 saturated carbocycles. The fraction of sp³-hybridized carbons (Fsp3) is 0.455. The molecular weight excluding hydrogens is 400 g/mol. The number of hydrogen-bond donors (Lipinski definition) is 1. The summed E-state index contributed by atoms with van der Waals surface area (Å²) in [7, 11) is 0. The number of rotatable bonds is 5. The van der Waals surface area contributed by atoms with Crippen LogP contribution in [0.2, 0.25) is 0 Å². The minimum atomic E-state index is -0.128. The number of aromatic nitrogens is 2. The summed E-state index contributed by atoms with van der Waals surface area (Å²) in [4.78, 5) is 28.1. The SMILES string of the molecule is CC(=O)N1CCCCCC1Cc1c(C(=O)NCc2nonc2C)sc2ccccc12. The zero-order valence-electron chi connectivity index (χ0n) is 17.3. The molecule has 2 amide bonds. The van der Waals surface area contributed by atoms with E-state index in [0.29, 0.717) is 22.7 Å². The molecule has 0 radical (unpaired) electrons. The summed E-state index contributed by atoms with van der Waals surface area (Å²) in [6.07, 6.45) is 4.95. The first-order chi connectivity index (χ1) is 14.5. The molecule has 3 heterocycles. The van der Waals surface area contributed by atoms with E-state index in [0.717, 1.165) is 47.9 Å². The van der Waals surface area contributed by atoms with Crippen LogP contribution in [0, 0.1) is 6.92 Å². The van der Waals surface area contributed by atoms with Gasteiger partial charge in [0, 0.05) is 24.2 Å². The molecule has 7 nitrogen and oxygen atoms in total. The molecular formula is C22H26N4O3S. The molecule has 3 aromatic rings. The Balaban J connectivity index is 1.63. The summed E-state index contributed by atoms with van der Waals surface area (Å²) in [5.41, 5.74) is 2.32. The molecule has 1 aromatic carbocycles. The third-order valence-electron chi connectivity index (χ3n) is 5.79. The lowest BCUT2D eigenvalue weighted by Crippen LogP contribution is -2.40. The molecule has 4 rings (SSSR count). The number of carbonyl (C=O) groups is 2. The number of fused-ring (bicyclic) bond motifs is 1. The van der Waals surface area contributed by atoms with Crippen molar-refractivity contribution in [1.29, 1.82) is 0 Å². The van der Waals surface area contributed by atoms with Gasteiger partial charge >= 0.3 is 0 Å². The van der Waals surface area contributed by atoms with E-state index in [1.165, 1.54) is 11.3 Å². The highest BCUT2D eigenvalue weighted by Gasteiger charge is 2.27. The molecule has 2 aromatic heterocycles. The second-order valence-electron chi connectivity index (χ2n) is 7.80. The van der Waals surface area contributed by atoms with Crippen LogP contribution in [-0.4, -0.2) is 39.6 Å². The molecule has 1 atom stereocenters. The highest BCUT2D eigenvalue weighted by Crippen LogP contribution is 2.34. The Morgan fingerprint density at radius 1 is 1.23 bits per heavy atom. The van der Waals surface area contributed by atoms with E-state index in [1.54, 1.807) is 13.8 Å². The van der Waals surface area contributed by atoms with Crippen molar-refractivity contribution in [2.75, 3.05) is 6.54 Å². The average Bonchev–Trinajstić information content (AvgIpc) is 3.22. The summed E-state index contributed by atoms with van der Waals surface area (Å²) in [5.74, 6) is -0.0157. The van der Waals surface area contributed by atoms with E-state index < -0.39 is 0 Å². The summed E-state index contributed by atoms with van der Waals surface area (Å²) < 4.78 is 5.80. The highest BCUT2D eigenvalue weighted by atomic mass is 32.1. The van der Waals surface area contributed by atoms with Crippen molar-refractivity contribution >= 4 is 33.2 Å². The molecule has 0 spiro atoms. The zero-order valence-corrected chi connectivity index (χ0v) is 18.1. The number of nitrogens with one attached hydrogen (secondary N) is 1. The van der Waals surface area contributed by atoms with Gasteiger partial charge in [0.05, 0.1) is 11.4 Å². The minimum Gasteiger partial charge on any atom is -0.345 e. The second-order valence-corrected chi connectivity index (χ2v) is 8.86. The van der Waals surface area contributed by atoms with Gasteiger partial charge in [-0.1, -0.05) is 41.4 Å². The van der Waals surface area contributed by atoms with Gasteiger partial charge in [-0.05, 0) is 43.2 Å². The van der Waals surface area contributed by atoms with Gasteiger partial charge < -0.3 is 10.2 Å². The Morgan fingerprint density at radius 2 is 2.07 bits per heavy atom. The number of carbonyl (C=O) groups excluding carboxylic acids is 2. The Morgan fingerprint density at radius 3 is 2.83 bits per heavy atom. The van der Waals surface area contributed by atoms with Crippen LogP contribution in [0.5, 0.6) is 0 Å². The molecule has 0 bridgehead atoms. The predicted molar refractivity (Wildman–Crippen MR) is 115 cm³/mol. The summed E-state index contributed by atoms with van der Waals surface area (Å²) in [6, 6.07) is 8.22. The van der Waals surface area contributed by atoms with Crippen LogP contribution in [0.25, 0.3) is 10.1 Å². The summed E-state index contributed by atoms with van der Waals surface area (Å²) in [5, 5.41) is 11.6. The second kappa shape index (κ2) is 8.95. The number of likely N-dealkylation sites (tertiary alicyclic amines) is 1. The topological polar surface area (TPSA) is 88.3 Å². The molecule has 1 saturated heterocycles. The van der Waals surface area contributed by atoms with E-state index >= 15 is 0 Å². The third-order valence-corrected chi connectivity index (χ3v) is 7.00. The maximum atomic E-state index is 13.1. The van der Waals surface area contributed by atoms with Crippen LogP contribution in [0.1, 0.15) is 59.2 Å². The Bertz CT molecular complexity index is 1060. The van der Waals surface area contributed by atoms with Crippen molar-refractivity contribution in [2.24, 2.45) is 0 Å². The monoisotopic (exact) mass is 426 g/mol. The van der Waals surface area contributed by atoms with Crippen LogP contribution in [0.3, 0.4) is 0 Å². The zero-order chi connectivity index (χ0) is 21.1. The quantitative estimate of drug-likeness (QED) is 0.669. The van der Waals surface area contributed by atoms with Crippen LogP contribution in [0.15, 0.2) is 28.9 Å². The van der Waals surface area contributed by atoms with Gasteiger partial charge in [0.15, 0.2) is 0 Å². The van der Waals surface area contributed by atoms with Crippen molar-refractivity contribution in [3.05, 3.63) is 46.1 Å². The lowest BCUT2D eigenvalue weighted by atomic mass is 9.98. The van der Waals surface area contributed by atoms with Gasteiger partial charge in [-0.2, -0.15) is 0 Å². The molecule has 1 aliphatic rings. The predicted octanol–water partition coefficient (Wildman–Crippen LogP) is 3.86. The molecule has 158 valence electrons. The summed E-state index contributed by atoms with van der Waals surface area (Å²) in [6.45, 7) is 4.50. The standard InChI is InChI=1S/C22H26N4O3S/c1-14-19(25-29-24-14)13-23-22(28)21-18(17-9-5-6-10-20(17)30-21)12-16-8-4-3-7-11-26(16)15(2)27/h5-6,9-10,16H,3-4,7-8,11-13H2,1-2H3,(H,23,28). The van der Waals surface area contributed by atoms with E-state index in [-0.39, 0.29) is 24.4 Å². The maximum Gasteiger partial charge on any atom is 0.261 e. The first kappa shape index (κ1) is 20.5. The van der Waals surface area contributed by atoms with Crippen LogP contribution in [0.4, 0.5) is 0 Å². The molecule has 30 heavy (non-hydrogen) atoms. The lowest BCUT2D eigenvalue weighted by molar-refractivity contribution is -0.131. The number of hydrogen-bond acceptors (Lipinski definition) is 6. The number of aryl methyl sites for hydroxylation is 1. The van der Waals surface area contributed by atoms with Crippen molar-refractivity contribution in [3.8, 4) is 0 Å². The normalized spacial score (nSPS) is 17.1. The fourth-order valence-corrected chi connectivity index (χ4v) is 5.33. The Labute approximate surface area is 179 Å². The lowest BCUT2D eigenvalue weighted by Gasteiger charge is -2.29. The average molecular weight is 427 g/mol. The Hall–Kier alpha value is -2.74. The van der Waals surface area contributed by atoms with E-state index in [4.69, 9.17) is 4.63 Å². The number of thiophene rings is 1. The summed E-state index contributed by atoms with van der Waals surface area (Å²) >= 11 is 1.50. The van der Waals surface area contributed by atoms with Gasteiger partial charge in [0.1, 0.15) is 11.4 Å². The number of amides is 2. The molecule has 1 aliphatic heterocycles. The van der Waals surface area contributed by atoms with E-state index in [9.17, 15) is 9.59 Å². The first-order valence-corrected chi connectivity index (χ1v) is 11.2. The van der Waals surface area contributed by atoms with Crippen molar-refractivity contribution < 1.29 is 14.2 Å². The van der Waals surface area contributed by atoms with E-state index in [1.807, 2.05) is 23.1 Å². The maximum absolute atomic E-state index is 13.1. The van der Waals surface area contributed by atoms with Crippen LogP contribution in [-0.2, 0) is 17.8 Å². The smallest absolute Gasteiger partial charge is 0.261 e. The molecule has 8 heteroatoms. The van der Waals surface area contributed by atoms with Gasteiger partial charge in [-0.3, -0.25) is 9.59 Å². The van der Waals surface area contributed by atoms with Crippen molar-refractivity contribution in [1.82, 2.24) is 20.5 Å². The van der Waals surface area contributed by atoms with Gasteiger partial charge in [-0.25, -0.2) is 4.63 Å². The largest absolute Gasteiger partial charge is 0.345 e. The van der Waals surface area contributed by atoms with Gasteiger partial charge in [-0.15, -0.1) is 11.3 Å². The Kier molecular flexibility index (Phi) is 6.13.